The Balaban J connectivity index is 2.27. The lowest BCUT2D eigenvalue weighted by molar-refractivity contribution is 0.904. The van der Waals surface area contributed by atoms with Crippen LogP contribution < -0.4 is 0 Å². The summed E-state index contributed by atoms with van der Waals surface area (Å²) in [4.78, 5) is 9.29. The number of fused-ring (bicyclic) bond motifs is 1. The quantitative estimate of drug-likeness (QED) is 0.492. The average molecular weight is 398 g/mol. The first-order valence-corrected chi connectivity index (χ1v) is 7.97. The van der Waals surface area contributed by atoms with Gasteiger partial charge in [-0.05, 0) is 65.9 Å². The molecule has 0 fully saturated rings. The second-order valence-electron chi connectivity index (χ2n) is 4.57. The summed E-state index contributed by atoms with van der Waals surface area (Å²) < 4.78 is 3.31. The molecule has 0 bridgehead atoms. The zero-order valence-electron chi connectivity index (χ0n) is 11.0. The molecule has 3 rings (SSSR count). The molecule has 0 amide bonds. The van der Waals surface area contributed by atoms with E-state index in [-0.39, 0.29) is 0 Å². The number of pyridine rings is 1. The van der Waals surface area contributed by atoms with Gasteiger partial charge < -0.3 is 0 Å². The van der Waals surface area contributed by atoms with Crippen molar-refractivity contribution in [1.29, 1.82) is 0 Å². The summed E-state index contributed by atoms with van der Waals surface area (Å²) in [6.07, 6.45) is 0.725. The molecule has 0 unspecified atom stereocenters. The fraction of sp³-hybridized carbons (Fsp3) is 0.200. The lowest BCUT2D eigenvalue weighted by Crippen LogP contribution is -2.03. The molecule has 2 heterocycles. The van der Waals surface area contributed by atoms with Gasteiger partial charge in [0.25, 0.3) is 0 Å². The second-order valence-corrected chi connectivity index (χ2v) is 6.20. The first kappa shape index (κ1) is 13.8. The number of aryl methyl sites for hydroxylation is 2. The Labute approximate surface area is 136 Å². The molecule has 0 N–H and O–H groups in total. The zero-order chi connectivity index (χ0) is 14.1. The molecule has 0 atom stereocenters. The Morgan fingerprint density at radius 2 is 1.85 bits per heavy atom. The molecule has 0 spiro atoms. The fourth-order valence-electron chi connectivity index (χ4n) is 2.21. The summed E-state index contributed by atoms with van der Waals surface area (Å²) in [5, 5.41) is 0. The highest BCUT2D eigenvalue weighted by molar-refractivity contribution is 14.1. The molecule has 20 heavy (non-hydrogen) atoms. The molecule has 0 aliphatic carbocycles. The predicted octanol–water partition coefficient (Wildman–Crippen LogP) is 4.11. The van der Waals surface area contributed by atoms with E-state index in [0.717, 1.165) is 34.8 Å². The number of alkyl halides is 1. The van der Waals surface area contributed by atoms with E-state index in [9.17, 15) is 0 Å². The molecule has 102 valence electrons. The molecule has 2 aromatic heterocycles. The molecule has 5 heteroatoms. The van der Waals surface area contributed by atoms with E-state index in [2.05, 4.69) is 61.4 Å². The fourth-order valence-corrected chi connectivity index (χ4v) is 2.74. The van der Waals surface area contributed by atoms with Crippen molar-refractivity contribution in [3.05, 3.63) is 51.5 Å². The summed E-state index contributed by atoms with van der Waals surface area (Å²) in [7, 11) is 0. The number of aromatic nitrogens is 3. The van der Waals surface area contributed by atoms with Crippen molar-refractivity contribution in [2.75, 3.05) is 5.88 Å². The van der Waals surface area contributed by atoms with Crippen LogP contribution in [0.4, 0.5) is 0 Å². The lowest BCUT2D eigenvalue weighted by atomic mass is 10.3. The van der Waals surface area contributed by atoms with Gasteiger partial charge >= 0.3 is 0 Å². The van der Waals surface area contributed by atoms with Gasteiger partial charge in [-0.2, -0.15) is 0 Å². The monoisotopic (exact) mass is 397 g/mol. The van der Waals surface area contributed by atoms with Crippen LogP contribution in [-0.4, -0.2) is 20.4 Å². The van der Waals surface area contributed by atoms with Gasteiger partial charge in [0, 0.05) is 27.3 Å². The first-order valence-electron chi connectivity index (χ1n) is 6.36. The number of halogens is 2. The van der Waals surface area contributed by atoms with Gasteiger partial charge in [-0.15, -0.1) is 11.6 Å². The summed E-state index contributed by atoms with van der Waals surface area (Å²) in [5.41, 5.74) is 3.87. The Morgan fingerprint density at radius 3 is 2.55 bits per heavy atom. The highest BCUT2D eigenvalue weighted by atomic mass is 127. The van der Waals surface area contributed by atoms with Crippen LogP contribution in [0.5, 0.6) is 0 Å². The van der Waals surface area contributed by atoms with E-state index in [1.807, 2.05) is 19.1 Å². The van der Waals surface area contributed by atoms with Gasteiger partial charge in [0.2, 0.25) is 0 Å². The smallest absolute Gasteiger partial charge is 0.164 e. The molecule has 3 aromatic rings. The molecule has 3 nitrogen and oxygen atoms in total. The van der Waals surface area contributed by atoms with Crippen LogP contribution >= 0.6 is 34.2 Å². The Hall–Kier alpha value is -1.14. The molecule has 0 saturated carbocycles. The van der Waals surface area contributed by atoms with E-state index in [0.29, 0.717) is 5.88 Å². The maximum absolute atomic E-state index is 5.90. The van der Waals surface area contributed by atoms with Gasteiger partial charge in [-0.25, -0.2) is 9.97 Å². The number of benzene rings is 1. The maximum Gasteiger partial charge on any atom is 0.164 e. The third-order valence-electron chi connectivity index (χ3n) is 3.12. The predicted molar refractivity (Wildman–Crippen MR) is 90.7 cm³/mol. The average Bonchev–Trinajstić information content (AvgIpc) is 2.78. The molecular formula is C15H13ClIN3. The van der Waals surface area contributed by atoms with Crippen LogP contribution in [0.15, 0.2) is 36.4 Å². The van der Waals surface area contributed by atoms with Crippen molar-refractivity contribution in [3.8, 4) is 5.69 Å². The van der Waals surface area contributed by atoms with Crippen LogP contribution in [0.3, 0.4) is 0 Å². The normalized spacial score (nSPS) is 11.2. The number of nitrogens with zero attached hydrogens (tertiary/aromatic N) is 3. The molecule has 0 radical (unpaired) electrons. The molecule has 0 aliphatic heterocycles. The van der Waals surface area contributed by atoms with E-state index < -0.39 is 0 Å². The Morgan fingerprint density at radius 1 is 1.10 bits per heavy atom. The standard InChI is InChI=1S/C15H13ClIN3/c1-10-2-7-13-15(18-10)20(14(19-13)8-9-16)12-5-3-11(17)4-6-12/h2-7H,8-9H2,1H3. The second kappa shape index (κ2) is 5.69. The van der Waals surface area contributed by atoms with E-state index in [1.165, 1.54) is 3.57 Å². The summed E-state index contributed by atoms with van der Waals surface area (Å²) in [5.74, 6) is 1.50. The van der Waals surface area contributed by atoms with Crippen LogP contribution in [0.1, 0.15) is 11.5 Å². The van der Waals surface area contributed by atoms with Crippen molar-refractivity contribution in [2.45, 2.75) is 13.3 Å². The van der Waals surface area contributed by atoms with Crippen molar-refractivity contribution in [3.63, 3.8) is 0 Å². The Bertz CT molecular complexity index is 750. The third-order valence-corrected chi connectivity index (χ3v) is 4.02. The van der Waals surface area contributed by atoms with E-state index >= 15 is 0 Å². The number of hydrogen-bond acceptors (Lipinski definition) is 2. The highest BCUT2D eigenvalue weighted by Gasteiger charge is 2.13. The SMILES string of the molecule is Cc1ccc2nc(CCCl)n(-c3ccc(I)cc3)c2n1. The summed E-state index contributed by atoms with van der Waals surface area (Å²) >= 11 is 8.21. The van der Waals surface area contributed by atoms with Crippen LogP contribution in [-0.2, 0) is 6.42 Å². The molecule has 0 aliphatic rings. The Kier molecular flexibility index (Phi) is 3.94. The topological polar surface area (TPSA) is 30.7 Å². The summed E-state index contributed by atoms with van der Waals surface area (Å²) in [6, 6.07) is 12.3. The highest BCUT2D eigenvalue weighted by Crippen LogP contribution is 2.22. The zero-order valence-corrected chi connectivity index (χ0v) is 13.9. The van der Waals surface area contributed by atoms with E-state index in [4.69, 9.17) is 11.6 Å². The minimum atomic E-state index is 0.548. The van der Waals surface area contributed by atoms with Gasteiger partial charge in [0.15, 0.2) is 5.65 Å². The largest absolute Gasteiger partial charge is 0.281 e. The van der Waals surface area contributed by atoms with Gasteiger partial charge in [0.1, 0.15) is 11.3 Å². The summed E-state index contributed by atoms with van der Waals surface area (Å²) in [6.45, 7) is 1.99. The number of hydrogen-bond donors (Lipinski definition) is 0. The van der Waals surface area contributed by atoms with Gasteiger partial charge in [0.05, 0.1) is 0 Å². The first-order chi connectivity index (χ1) is 9.69. The minimum absolute atomic E-state index is 0.548. The van der Waals surface area contributed by atoms with Crippen LogP contribution in [0.25, 0.3) is 16.9 Å². The molecule has 1 aromatic carbocycles. The maximum atomic E-state index is 5.90. The van der Waals surface area contributed by atoms with E-state index in [1.54, 1.807) is 0 Å². The van der Waals surface area contributed by atoms with Crippen molar-refractivity contribution < 1.29 is 0 Å². The lowest BCUT2D eigenvalue weighted by Gasteiger charge is -2.08. The van der Waals surface area contributed by atoms with Crippen LogP contribution in [0, 0.1) is 10.5 Å². The van der Waals surface area contributed by atoms with Crippen LogP contribution in [0.2, 0.25) is 0 Å². The van der Waals surface area contributed by atoms with Crippen molar-refractivity contribution in [1.82, 2.24) is 14.5 Å². The third kappa shape index (κ3) is 2.54. The van der Waals surface area contributed by atoms with Gasteiger partial charge in [-0.3, -0.25) is 4.57 Å². The number of imidazole rings is 1. The molecular weight excluding hydrogens is 385 g/mol. The number of rotatable bonds is 3. The molecule has 0 saturated heterocycles. The van der Waals surface area contributed by atoms with Gasteiger partial charge in [-0.1, -0.05) is 0 Å². The minimum Gasteiger partial charge on any atom is -0.281 e. The van der Waals surface area contributed by atoms with Crippen molar-refractivity contribution in [2.24, 2.45) is 0 Å². The van der Waals surface area contributed by atoms with Crippen molar-refractivity contribution >= 4 is 45.4 Å².